The quantitative estimate of drug-likeness (QED) is 0.540. The van der Waals surface area contributed by atoms with Crippen molar-refractivity contribution in [2.24, 2.45) is 0 Å². The largest absolute Gasteiger partial charge is 0.147 e. The first-order valence-corrected chi connectivity index (χ1v) is 2.84. The van der Waals surface area contributed by atoms with E-state index in [2.05, 4.69) is 0 Å². The molecule has 0 nitrogen and oxygen atoms in total. The first-order valence-electron chi connectivity index (χ1n) is 1.58. The fourth-order valence-corrected chi connectivity index (χ4v) is 0.930. The minimum absolute atomic E-state index is 0. The van der Waals surface area contributed by atoms with E-state index in [4.69, 9.17) is 11.6 Å². The fraction of sp³-hybridized carbons (Fsp3) is 0. The molecule has 0 atom stereocenters. The molecular formula is C4H4Cl2S. The Labute approximate surface area is 57.5 Å². The van der Waals surface area contributed by atoms with Gasteiger partial charge in [0, 0.05) is 0 Å². The normalized spacial score (nSPS) is 7.57. The molecule has 40 valence electrons. The molecule has 0 saturated carbocycles. The highest BCUT2D eigenvalue weighted by Gasteiger charge is 1.77. The van der Waals surface area contributed by atoms with Gasteiger partial charge in [-0.1, -0.05) is 11.6 Å². The number of halogens is 2. The first-order chi connectivity index (χ1) is 2.89. The molecule has 0 aliphatic carbocycles. The summed E-state index contributed by atoms with van der Waals surface area (Å²) in [5, 5.41) is 1.95. The zero-order chi connectivity index (χ0) is 4.41. The molecule has 0 saturated heterocycles. The lowest BCUT2D eigenvalue weighted by atomic mass is 10.7. The summed E-state index contributed by atoms with van der Waals surface area (Å²) in [5.74, 6) is 0. The van der Waals surface area contributed by atoms with Gasteiger partial charge in [0.2, 0.25) is 0 Å². The van der Waals surface area contributed by atoms with Crippen molar-refractivity contribution in [1.29, 1.82) is 0 Å². The van der Waals surface area contributed by atoms with E-state index in [9.17, 15) is 0 Å². The summed E-state index contributed by atoms with van der Waals surface area (Å²) in [6.07, 6.45) is 0. The van der Waals surface area contributed by atoms with Gasteiger partial charge in [-0.25, -0.2) is 0 Å². The van der Waals surface area contributed by atoms with Crippen LogP contribution in [0.5, 0.6) is 0 Å². The topological polar surface area (TPSA) is 0 Å². The molecular weight excluding hydrogens is 151 g/mol. The Hall–Kier alpha value is 0.280. The fourth-order valence-electron chi connectivity index (χ4n) is 0.259. The summed E-state index contributed by atoms with van der Waals surface area (Å²) in [4.78, 5) is 0. The third-order valence-electron chi connectivity index (χ3n) is 0.486. The SMILES string of the molecule is Cl.Clc1cccs1. The van der Waals surface area contributed by atoms with Crippen LogP contribution >= 0.6 is 35.3 Å². The van der Waals surface area contributed by atoms with Gasteiger partial charge in [-0.05, 0) is 17.5 Å². The van der Waals surface area contributed by atoms with Crippen LogP contribution in [0.1, 0.15) is 0 Å². The van der Waals surface area contributed by atoms with Crippen molar-refractivity contribution in [1.82, 2.24) is 0 Å². The van der Waals surface area contributed by atoms with Crippen LogP contribution in [0.25, 0.3) is 0 Å². The molecule has 0 aliphatic rings. The van der Waals surface area contributed by atoms with Crippen LogP contribution in [0, 0.1) is 0 Å². The molecule has 0 bridgehead atoms. The van der Waals surface area contributed by atoms with Gasteiger partial charge in [-0.3, -0.25) is 0 Å². The van der Waals surface area contributed by atoms with E-state index < -0.39 is 0 Å². The minimum atomic E-state index is 0. The van der Waals surface area contributed by atoms with Crippen molar-refractivity contribution in [2.75, 3.05) is 0 Å². The predicted octanol–water partition coefficient (Wildman–Crippen LogP) is 2.82. The number of hydrogen-bond donors (Lipinski definition) is 0. The molecule has 1 aromatic heterocycles. The second-order valence-corrected chi connectivity index (χ2v) is 2.50. The van der Waals surface area contributed by atoms with E-state index in [1.54, 1.807) is 11.3 Å². The van der Waals surface area contributed by atoms with Crippen LogP contribution in [-0.4, -0.2) is 0 Å². The van der Waals surface area contributed by atoms with Gasteiger partial charge in [-0.15, -0.1) is 23.7 Å². The third kappa shape index (κ3) is 2.17. The Kier molecular flexibility index (Phi) is 3.44. The van der Waals surface area contributed by atoms with Gasteiger partial charge in [0.05, 0.1) is 4.34 Å². The van der Waals surface area contributed by atoms with E-state index in [0.29, 0.717) is 0 Å². The third-order valence-corrected chi connectivity index (χ3v) is 1.53. The van der Waals surface area contributed by atoms with E-state index in [1.807, 2.05) is 17.5 Å². The smallest absolute Gasteiger partial charge is 0.0928 e. The summed E-state index contributed by atoms with van der Waals surface area (Å²) in [6.45, 7) is 0. The van der Waals surface area contributed by atoms with Crippen molar-refractivity contribution >= 4 is 35.3 Å². The van der Waals surface area contributed by atoms with Gasteiger partial charge in [0.15, 0.2) is 0 Å². The molecule has 0 radical (unpaired) electrons. The average molecular weight is 155 g/mol. The van der Waals surface area contributed by atoms with Gasteiger partial charge >= 0.3 is 0 Å². The average Bonchev–Trinajstić information content (AvgIpc) is 1.86. The number of thiophene rings is 1. The van der Waals surface area contributed by atoms with Gasteiger partial charge in [0.1, 0.15) is 0 Å². The Bertz CT molecular complexity index is 113. The van der Waals surface area contributed by atoms with E-state index >= 15 is 0 Å². The lowest BCUT2D eigenvalue weighted by Crippen LogP contribution is -1.29. The zero-order valence-corrected chi connectivity index (χ0v) is 5.82. The Morgan fingerprint density at radius 1 is 1.57 bits per heavy atom. The molecule has 0 spiro atoms. The second kappa shape index (κ2) is 3.30. The molecule has 1 rings (SSSR count). The Morgan fingerprint density at radius 3 is 2.43 bits per heavy atom. The van der Waals surface area contributed by atoms with Gasteiger partial charge in [-0.2, -0.15) is 0 Å². The second-order valence-electron chi connectivity index (χ2n) is 0.917. The first kappa shape index (κ1) is 7.28. The molecule has 3 heteroatoms. The highest BCUT2D eigenvalue weighted by Crippen LogP contribution is 2.13. The van der Waals surface area contributed by atoms with E-state index in [1.165, 1.54) is 0 Å². The standard InChI is InChI=1S/C4H3ClS.ClH/c5-4-2-1-3-6-4;/h1-3H;1H. The van der Waals surface area contributed by atoms with E-state index in [-0.39, 0.29) is 12.4 Å². The summed E-state index contributed by atoms with van der Waals surface area (Å²) < 4.78 is 0.856. The summed E-state index contributed by atoms with van der Waals surface area (Å²) in [7, 11) is 0. The van der Waals surface area contributed by atoms with Crippen molar-refractivity contribution in [3.63, 3.8) is 0 Å². The zero-order valence-electron chi connectivity index (χ0n) is 3.43. The monoisotopic (exact) mass is 154 g/mol. The van der Waals surface area contributed by atoms with Gasteiger partial charge in [0.25, 0.3) is 0 Å². The summed E-state index contributed by atoms with van der Waals surface area (Å²) >= 11 is 7.02. The lowest BCUT2D eigenvalue weighted by Gasteiger charge is -1.62. The molecule has 0 unspecified atom stereocenters. The molecule has 0 N–H and O–H groups in total. The van der Waals surface area contributed by atoms with Gasteiger partial charge < -0.3 is 0 Å². The maximum Gasteiger partial charge on any atom is 0.0928 e. The minimum Gasteiger partial charge on any atom is -0.147 e. The lowest BCUT2D eigenvalue weighted by molar-refractivity contribution is 2.02. The molecule has 0 aliphatic heterocycles. The summed E-state index contributed by atoms with van der Waals surface area (Å²) in [5.41, 5.74) is 0. The molecule has 0 aromatic carbocycles. The molecule has 0 fully saturated rings. The van der Waals surface area contributed by atoms with Crippen LogP contribution in [-0.2, 0) is 0 Å². The van der Waals surface area contributed by atoms with Crippen molar-refractivity contribution in [3.8, 4) is 0 Å². The van der Waals surface area contributed by atoms with Crippen LogP contribution < -0.4 is 0 Å². The molecule has 1 heterocycles. The van der Waals surface area contributed by atoms with Crippen LogP contribution in [0.15, 0.2) is 17.5 Å². The Balaban J connectivity index is 0.000000360. The number of rotatable bonds is 0. The Morgan fingerprint density at radius 2 is 2.29 bits per heavy atom. The highest BCUT2D eigenvalue weighted by molar-refractivity contribution is 7.14. The molecule has 0 amide bonds. The van der Waals surface area contributed by atoms with Crippen molar-refractivity contribution < 1.29 is 0 Å². The summed E-state index contributed by atoms with van der Waals surface area (Å²) in [6, 6.07) is 3.79. The maximum atomic E-state index is 5.47. The maximum absolute atomic E-state index is 5.47. The molecule has 7 heavy (non-hydrogen) atoms. The van der Waals surface area contributed by atoms with Crippen LogP contribution in [0.2, 0.25) is 4.34 Å². The van der Waals surface area contributed by atoms with Crippen molar-refractivity contribution in [3.05, 3.63) is 21.8 Å². The van der Waals surface area contributed by atoms with Crippen LogP contribution in [0.3, 0.4) is 0 Å². The van der Waals surface area contributed by atoms with E-state index in [0.717, 1.165) is 4.34 Å². The predicted molar refractivity (Wildman–Crippen MR) is 36.6 cm³/mol. The highest BCUT2D eigenvalue weighted by atomic mass is 35.5. The van der Waals surface area contributed by atoms with Crippen molar-refractivity contribution in [2.45, 2.75) is 0 Å². The molecule has 1 aromatic rings. The number of hydrogen-bond acceptors (Lipinski definition) is 1. The van der Waals surface area contributed by atoms with Crippen LogP contribution in [0.4, 0.5) is 0 Å².